The minimum Gasteiger partial charge on any atom is -0.376 e. The molecule has 7 heteroatoms. The summed E-state index contributed by atoms with van der Waals surface area (Å²) in [5.74, 6) is -0.199. The van der Waals surface area contributed by atoms with Crippen LogP contribution in [-0.4, -0.2) is 39.3 Å². The molecular weight excluding hydrogens is 338 g/mol. The van der Waals surface area contributed by atoms with E-state index in [9.17, 15) is 13.2 Å². The van der Waals surface area contributed by atoms with Crippen LogP contribution in [0.4, 0.5) is 11.4 Å². The largest absolute Gasteiger partial charge is 0.376 e. The number of carbonyl (C=O) groups is 1. The lowest BCUT2D eigenvalue weighted by Crippen LogP contribution is -2.23. The number of nitrogens with one attached hydrogen (secondary N) is 2. The molecule has 1 amide bonds. The third kappa shape index (κ3) is 4.58. The van der Waals surface area contributed by atoms with Crippen molar-refractivity contribution >= 4 is 27.3 Å². The van der Waals surface area contributed by atoms with Gasteiger partial charge in [0, 0.05) is 25.5 Å². The number of hydrogen-bond acceptors (Lipinski definition) is 4. The number of sulfonamides is 1. The minimum atomic E-state index is -3.50. The van der Waals surface area contributed by atoms with Gasteiger partial charge in [-0.2, -0.15) is 0 Å². The molecule has 0 fully saturated rings. The number of nitrogens with zero attached hydrogens (tertiary/aromatic N) is 1. The smallest absolute Gasteiger partial charge is 0.243 e. The van der Waals surface area contributed by atoms with E-state index >= 15 is 0 Å². The maximum Gasteiger partial charge on any atom is 0.243 e. The molecule has 0 bridgehead atoms. The number of benzene rings is 2. The van der Waals surface area contributed by atoms with Gasteiger partial charge in [0.2, 0.25) is 15.9 Å². The van der Waals surface area contributed by atoms with Crippen LogP contribution in [-0.2, 0) is 14.8 Å². The van der Waals surface area contributed by atoms with E-state index < -0.39 is 10.0 Å². The molecule has 2 aromatic rings. The molecule has 6 nitrogen and oxygen atoms in total. The van der Waals surface area contributed by atoms with Crippen LogP contribution in [0.15, 0.2) is 47.4 Å². The molecule has 25 heavy (non-hydrogen) atoms. The summed E-state index contributed by atoms with van der Waals surface area (Å²) in [5.41, 5.74) is 3.47. The van der Waals surface area contributed by atoms with Gasteiger partial charge >= 0.3 is 0 Å². The lowest BCUT2D eigenvalue weighted by molar-refractivity contribution is -0.114. The summed E-state index contributed by atoms with van der Waals surface area (Å²) in [7, 11) is -0.546. The lowest BCUT2D eigenvalue weighted by atomic mass is 10.1. The number of carbonyl (C=O) groups excluding carboxylic acids is 1. The van der Waals surface area contributed by atoms with Crippen molar-refractivity contribution in [2.75, 3.05) is 31.3 Å². The van der Waals surface area contributed by atoms with Crippen molar-refractivity contribution in [3.63, 3.8) is 0 Å². The van der Waals surface area contributed by atoms with E-state index in [2.05, 4.69) is 10.6 Å². The van der Waals surface area contributed by atoms with E-state index in [4.69, 9.17) is 0 Å². The second-order valence-electron chi connectivity index (χ2n) is 5.96. The first-order valence-electron chi connectivity index (χ1n) is 7.84. The molecular formula is C18H23N3O3S. The van der Waals surface area contributed by atoms with Crippen molar-refractivity contribution < 1.29 is 13.2 Å². The Bertz CT molecular complexity index is 877. The molecule has 0 unspecified atom stereocenters. The Balaban J connectivity index is 2.04. The SMILES string of the molecule is Cc1cccc(NC(=O)CNc2cccc(S(=O)(=O)N(C)C)c2)c1C. The number of rotatable bonds is 6. The van der Waals surface area contributed by atoms with Crippen molar-refractivity contribution in [1.29, 1.82) is 0 Å². The van der Waals surface area contributed by atoms with Crippen LogP contribution in [0.2, 0.25) is 0 Å². The van der Waals surface area contributed by atoms with E-state index in [0.717, 1.165) is 21.1 Å². The van der Waals surface area contributed by atoms with Gasteiger partial charge in [0.15, 0.2) is 0 Å². The van der Waals surface area contributed by atoms with E-state index in [1.807, 2.05) is 32.0 Å². The Morgan fingerprint density at radius 1 is 1.08 bits per heavy atom. The highest BCUT2D eigenvalue weighted by Gasteiger charge is 2.17. The predicted octanol–water partition coefficient (Wildman–Crippen LogP) is 2.60. The van der Waals surface area contributed by atoms with E-state index in [1.54, 1.807) is 12.1 Å². The zero-order valence-corrected chi connectivity index (χ0v) is 15.6. The van der Waals surface area contributed by atoms with E-state index in [-0.39, 0.29) is 17.3 Å². The molecule has 0 aliphatic heterocycles. The second kappa shape index (κ2) is 7.67. The van der Waals surface area contributed by atoms with Gasteiger partial charge in [-0.1, -0.05) is 18.2 Å². The highest BCUT2D eigenvalue weighted by molar-refractivity contribution is 7.89. The van der Waals surface area contributed by atoms with Crippen molar-refractivity contribution in [1.82, 2.24) is 4.31 Å². The monoisotopic (exact) mass is 361 g/mol. The topological polar surface area (TPSA) is 78.5 Å². The molecule has 2 aromatic carbocycles. The zero-order chi connectivity index (χ0) is 18.6. The maximum absolute atomic E-state index is 12.2. The van der Waals surface area contributed by atoms with Crippen LogP contribution >= 0.6 is 0 Å². The quantitative estimate of drug-likeness (QED) is 0.829. The van der Waals surface area contributed by atoms with Gasteiger partial charge in [-0.05, 0) is 49.2 Å². The summed E-state index contributed by atoms with van der Waals surface area (Å²) in [6, 6.07) is 12.1. The predicted molar refractivity (Wildman–Crippen MR) is 100 cm³/mol. The zero-order valence-electron chi connectivity index (χ0n) is 14.8. The summed E-state index contributed by atoms with van der Waals surface area (Å²) >= 11 is 0. The van der Waals surface area contributed by atoms with Crippen LogP contribution < -0.4 is 10.6 Å². The minimum absolute atomic E-state index is 0.0405. The molecule has 2 rings (SSSR count). The Morgan fingerprint density at radius 2 is 1.76 bits per heavy atom. The Hall–Kier alpha value is -2.38. The fourth-order valence-electron chi connectivity index (χ4n) is 2.24. The molecule has 0 aromatic heterocycles. The van der Waals surface area contributed by atoms with Gasteiger partial charge < -0.3 is 10.6 Å². The summed E-state index contributed by atoms with van der Waals surface area (Å²) in [6.07, 6.45) is 0. The first-order chi connectivity index (χ1) is 11.7. The van der Waals surface area contributed by atoms with Crippen molar-refractivity contribution in [3.8, 4) is 0 Å². The third-order valence-corrected chi connectivity index (χ3v) is 5.76. The van der Waals surface area contributed by atoms with Crippen LogP contribution in [0.3, 0.4) is 0 Å². The first kappa shape index (κ1) is 19.0. The fourth-order valence-corrected chi connectivity index (χ4v) is 3.19. The normalized spacial score (nSPS) is 11.4. The molecule has 0 heterocycles. The number of anilines is 2. The van der Waals surface area contributed by atoms with Crippen LogP contribution in [0.25, 0.3) is 0 Å². The van der Waals surface area contributed by atoms with Crippen molar-refractivity contribution in [2.24, 2.45) is 0 Å². The Morgan fingerprint density at radius 3 is 2.44 bits per heavy atom. The Kier molecular flexibility index (Phi) is 5.81. The van der Waals surface area contributed by atoms with Crippen molar-refractivity contribution in [2.45, 2.75) is 18.7 Å². The molecule has 2 N–H and O–H groups in total. The van der Waals surface area contributed by atoms with Crippen LogP contribution in [0, 0.1) is 13.8 Å². The average Bonchev–Trinajstić information content (AvgIpc) is 2.57. The van der Waals surface area contributed by atoms with Gasteiger partial charge in [-0.25, -0.2) is 12.7 Å². The molecule has 0 saturated heterocycles. The molecule has 0 saturated carbocycles. The van der Waals surface area contributed by atoms with Crippen LogP contribution in [0.1, 0.15) is 11.1 Å². The van der Waals surface area contributed by atoms with Crippen LogP contribution in [0.5, 0.6) is 0 Å². The van der Waals surface area contributed by atoms with Gasteiger partial charge in [0.1, 0.15) is 0 Å². The van der Waals surface area contributed by atoms with Gasteiger partial charge in [0.25, 0.3) is 0 Å². The number of hydrogen-bond donors (Lipinski definition) is 2. The second-order valence-corrected chi connectivity index (χ2v) is 8.12. The van der Waals surface area contributed by atoms with Gasteiger partial charge in [-0.3, -0.25) is 4.79 Å². The standard InChI is InChI=1S/C18H23N3O3S/c1-13-7-5-10-17(14(13)2)20-18(22)12-19-15-8-6-9-16(11-15)25(23,24)21(3)4/h5-11,19H,12H2,1-4H3,(H,20,22). The summed E-state index contributed by atoms with van der Waals surface area (Å²) in [4.78, 5) is 12.3. The summed E-state index contributed by atoms with van der Waals surface area (Å²) in [6.45, 7) is 3.98. The van der Waals surface area contributed by atoms with Gasteiger partial charge in [-0.15, -0.1) is 0 Å². The maximum atomic E-state index is 12.2. The highest BCUT2D eigenvalue weighted by Crippen LogP contribution is 2.19. The lowest BCUT2D eigenvalue weighted by Gasteiger charge is -2.14. The van der Waals surface area contributed by atoms with Crippen molar-refractivity contribution in [3.05, 3.63) is 53.6 Å². The number of amides is 1. The number of aryl methyl sites for hydroxylation is 1. The first-order valence-corrected chi connectivity index (χ1v) is 9.28. The molecule has 134 valence electrons. The van der Waals surface area contributed by atoms with E-state index in [1.165, 1.54) is 26.2 Å². The fraction of sp³-hybridized carbons (Fsp3) is 0.278. The average molecular weight is 361 g/mol. The molecule has 0 aliphatic rings. The van der Waals surface area contributed by atoms with Gasteiger partial charge in [0.05, 0.1) is 11.4 Å². The molecule has 0 atom stereocenters. The van der Waals surface area contributed by atoms with E-state index in [0.29, 0.717) is 5.69 Å². The highest BCUT2D eigenvalue weighted by atomic mass is 32.2. The summed E-state index contributed by atoms with van der Waals surface area (Å²) in [5, 5.41) is 5.81. The third-order valence-electron chi connectivity index (χ3n) is 3.94. The summed E-state index contributed by atoms with van der Waals surface area (Å²) < 4.78 is 25.5. The molecule has 0 radical (unpaired) electrons. The molecule has 0 aliphatic carbocycles. The molecule has 0 spiro atoms. The Labute approximate surface area is 148 Å².